The molecule has 0 saturated carbocycles. The highest BCUT2D eigenvalue weighted by Crippen LogP contribution is 2.25. The minimum absolute atomic E-state index is 0.318. The van der Waals surface area contributed by atoms with Crippen LogP contribution in [-0.2, 0) is 12.8 Å². The molecule has 0 heterocycles. The molecular weight excluding hydrogens is 298 g/mol. The van der Waals surface area contributed by atoms with E-state index >= 15 is 0 Å². The van der Waals surface area contributed by atoms with Gasteiger partial charge in [0.15, 0.2) is 0 Å². The van der Waals surface area contributed by atoms with E-state index in [1.54, 1.807) is 18.2 Å². The molecule has 0 radical (unpaired) electrons. The molecule has 3 rings (SSSR count). The van der Waals surface area contributed by atoms with Gasteiger partial charge in [-0.3, -0.25) is 0 Å². The second kappa shape index (κ2) is 6.69. The molecule has 4 heteroatoms. The lowest BCUT2D eigenvalue weighted by Gasteiger charge is -2.26. The third kappa shape index (κ3) is 3.61. The Bertz CT molecular complexity index is 659. The molecule has 0 unspecified atom stereocenters. The molecule has 0 amide bonds. The zero-order valence-corrected chi connectivity index (χ0v) is 13.1. The smallest absolute Gasteiger partial charge is 0.115 e. The Balaban J connectivity index is 1.58. The normalized spacial score (nSPS) is 18.7. The van der Waals surface area contributed by atoms with Crippen LogP contribution >= 0.6 is 11.6 Å². The van der Waals surface area contributed by atoms with Crippen LogP contribution in [0.15, 0.2) is 42.5 Å². The van der Waals surface area contributed by atoms with Crippen molar-refractivity contribution < 1.29 is 10.2 Å². The molecular formula is C18H20ClNO2. The SMILES string of the molecule is Oc1ccc2c(c1)C[C@H](NC[C@H](O)c1cccc(Cl)c1)CC2. The van der Waals surface area contributed by atoms with Gasteiger partial charge in [-0.1, -0.05) is 29.8 Å². The third-order valence-electron chi connectivity index (χ3n) is 4.25. The average molecular weight is 318 g/mol. The molecule has 0 spiro atoms. The number of benzene rings is 2. The second-order valence-corrected chi connectivity index (χ2v) is 6.31. The summed E-state index contributed by atoms with van der Waals surface area (Å²) in [5.41, 5.74) is 3.33. The summed E-state index contributed by atoms with van der Waals surface area (Å²) in [5, 5.41) is 23.9. The van der Waals surface area contributed by atoms with Gasteiger partial charge in [-0.05, 0) is 60.2 Å². The number of aryl methyl sites for hydroxylation is 1. The summed E-state index contributed by atoms with van der Waals surface area (Å²) >= 11 is 5.95. The largest absolute Gasteiger partial charge is 0.508 e. The van der Waals surface area contributed by atoms with Gasteiger partial charge in [-0.25, -0.2) is 0 Å². The molecule has 2 atom stereocenters. The predicted molar refractivity (Wildman–Crippen MR) is 88.3 cm³/mol. The summed E-state index contributed by atoms with van der Waals surface area (Å²) in [6, 6.07) is 13.2. The molecule has 22 heavy (non-hydrogen) atoms. The number of hydrogen-bond acceptors (Lipinski definition) is 3. The van der Waals surface area contributed by atoms with Crippen molar-refractivity contribution in [2.75, 3.05) is 6.54 Å². The molecule has 0 fully saturated rings. The van der Waals surface area contributed by atoms with Gasteiger partial charge in [-0.15, -0.1) is 0 Å². The van der Waals surface area contributed by atoms with Crippen molar-refractivity contribution in [1.82, 2.24) is 5.32 Å². The quantitative estimate of drug-likeness (QED) is 0.811. The van der Waals surface area contributed by atoms with Crippen LogP contribution < -0.4 is 5.32 Å². The Labute approximate surface area is 135 Å². The number of phenolic OH excluding ortho intramolecular Hbond substituents is 1. The maximum atomic E-state index is 10.3. The number of fused-ring (bicyclic) bond motifs is 1. The van der Waals surface area contributed by atoms with E-state index < -0.39 is 6.10 Å². The van der Waals surface area contributed by atoms with Gasteiger partial charge in [-0.2, -0.15) is 0 Å². The molecule has 3 N–H and O–H groups in total. The van der Waals surface area contributed by atoms with E-state index in [4.69, 9.17) is 11.6 Å². The first kappa shape index (κ1) is 15.3. The van der Waals surface area contributed by atoms with Crippen molar-refractivity contribution in [3.8, 4) is 5.75 Å². The minimum Gasteiger partial charge on any atom is -0.508 e. The van der Waals surface area contributed by atoms with E-state index in [9.17, 15) is 10.2 Å². The number of rotatable bonds is 4. The molecule has 0 bridgehead atoms. The van der Waals surface area contributed by atoms with Gasteiger partial charge in [0.2, 0.25) is 0 Å². The topological polar surface area (TPSA) is 52.5 Å². The van der Waals surface area contributed by atoms with Crippen LogP contribution in [-0.4, -0.2) is 22.8 Å². The predicted octanol–water partition coefficient (Wildman–Crippen LogP) is 3.23. The molecule has 116 valence electrons. The number of aliphatic hydroxyl groups excluding tert-OH is 1. The van der Waals surface area contributed by atoms with Gasteiger partial charge >= 0.3 is 0 Å². The fourth-order valence-electron chi connectivity index (χ4n) is 3.03. The Kier molecular flexibility index (Phi) is 4.67. The summed E-state index contributed by atoms with van der Waals surface area (Å²) in [7, 11) is 0. The lowest BCUT2D eigenvalue weighted by atomic mass is 9.88. The molecule has 2 aromatic carbocycles. The van der Waals surface area contributed by atoms with E-state index in [0.29, 0.717) is 23.4 Å². The fraction of sp³-hybridized carbons (Fsp3) is 0.333. The first-order valence-corrected chi connectivity index (χ1v) is 7.97. The van der Waals surface area contributed by atoms with Crippen LogP contribution in [0.3, 0.4) is 0 Å². The molecule has 2 aromatic rings. The van der Waals surface area contributed by atoms with Crippen LogP contribution in [0.5, 0.6) is 5.75 Å². The first-order valence-electron chi connectivity index (χ1n) is 7.59. The van der Waals surface area contributed by atoms with Crippen LogP contribution in [0.25, 0.3) is 0 Å². The highest BCUT2D eigenvalue weighted by molar-refractivity contribution is 6.30. The zero-order chi connectivity index (χ0) is 15.5. The van der Waals surface area contributed by atoms with Crippen molar-refractivity contribution in [1.29, 1.82) is 0 Å². The van der Waals surface area contributed by atoms with Crippen molar-refractivity contribution >= 4 is 11.6 Å². The standard InChI is InChI=1S/C18H20ClNO2/c19-15-3-1-2-13(8-15)18(22)11-20-16-6-4-12-5-7-17(21)10-14(12)9-16/h1-3,5,7-8,10,16,18,20-22H,4,6,9,11H2/t16-,18+/m1/s1. The Hall–Kier alpha value is -1.55. The van der Waals surface area contributed by atoms with Crippen molar-refractivity contribution in [2.45, 2.75) is 31.4 Å². The number of nitrogens with one attached hydrogen (secondary N) is 1. The van der Waals surface area contributed by atoms with E-state index in [1.165, 1.54) is 11.1 Å². The summed E-state index contributed by atoms with van der Waals surface area (Å²) in [5.74, 6) is 0.318. The van der Waals surface area contributed by atoms with Crippen LogP contribution in [0, 0.1) is 0 Å². The molecule has 3 nitrogen and oxygen atoms in total. The van der Waals surface area contributed by atoms with E-state index in [2.05, 4.69) is 5.32 Å². The van der Waals surface area contributed by atoms with Gasteiger partial charge < -0.3 is 15.5 Å². The van der Waals surface area contributed by atoms with Crippen LogP contribution in [0.4, 0.5) is 0 Å². The lowest BCUT2D eigenvalue weighted by molar-refractivity contribution is 0.168. The number of phenols is 1. The molecule has 0 saturated heterocycles. The van der Waals surface area contributed by atoms with Crippen LogP contribution in [0.2, 0.25) is 5.02 Å². The number of halogens is 1. The summed E-state index contributed by atoms with van der Waals surface area (Å²) in [4.78, 5) is 0. The monoisotopic (exact) mass is 317 g/mol. The lowest BCUT2D eigenvalue weighted by Crippen LogP contribution is -2.37. The summed E-state index contributed by atoms with van der Waals surface area (Å²) in [6.45, 7) is 0.499. The van der Waals surface area contributed by atoms with Gasteiger partial charge in [0.25, 0.3) is 0 Å². The first-order chi connectivity index (χ1) is 10.6. The summed E-state index contributed by atoms with van der Waals surface area (Å²) < 4.78 is 0. The molecule has 0 aliphatic heterocycles. The van der Waals surface area contributed by atoms with E-state index in [1.807, 2.05) is 24.3 Å². The van der Waals surface area contributed by atoms with Crippen LogP contribution in [0.1, 0.15) is 29.2 Å². The third-order valence-corrected chi connectivity index (χ3v) is 4.49. The molecule has 1 aliphatic rings. The fourth-order valence-corrected chi connectivity index (χ4v) is 3.23. The number of aromatic hydroxyl groups is 1. The maximum Gasteiger partial charge on any atom is 0.115 e. The molecule has 1 aliphatic carbocycles. The number of aliphatic hydroxyl groups is 1. The van der Waals surface area contributed by atoms with Crippen molar-refractivity contribution in [2.24, 2.45) is 0 Å². The second-order valence-electron chi connectivity index (χ2n) is 5.87. The zero-order valence-electron chi connectivity index (χ0n) is 12.3. The Morgan fingerprint density at radius 1 is 1.18 bits per heavy atom. The van der Waals surface area contributed by atoms with Crippen molar-refractivity contribution in [3.05, 3.63) is 64.2 Å². The van der Waals surface area contributed by atoms with E-state index in [-0.39, 0.29) is 0 Å². The van der Waals surface area contributed by atoms with Gasteiger partial charge in [0, 0.05) is 17.6 Å². The van der Waals surface area contributed by atoms with Crippen molar-refractivity contribution in [3.63, 3.8) is 0 Å². The summed E-state index contributed by atoms with van der Waals surface area (Å²) in [6.07, 6.45) is 2.36. The number of hydrogen-bond donors (Lipinski definition) is 3. The Morgan fingerprint density at radius 3 is 2.86 bits per heavy atom. The van der Waals surface area contributed by atoms with Gasteiger partial charge in [0.05, 0.1) is 6.10 Å². The highest BCUT2D eigenvalue weighted by atomic mass is 35.5. The maximum absolute atomic E-state index is 10.3. The average Bonchev–Trinajstić information content (AvgIpc) is 2.52. The molecule has 0 aromatic heterocycles. The Morgan fingerprint density at radius 2 is 2.05 bits per heavy atom. The van der Waals surface area contributed by atoms with Gasteiger partial charge in [0.1, 0.15) is 5.75 Å². The highest BCUT2D eigenvalue weighted by Gasteiger charge is 2.19. The van der Waals surface area contributed by atoms with E-state index in [0.717, 1.165) is 24.8 Å². The minimum atomic E-state index is -0.565.